The Morgan fingerprint density at radius 2 is 2.08 bits per heavy atom. The molecule has 0 spiro atoms. The van der Waals surface area contributed by atoms with Gasteiger partial charge in [-0.05, 0) is 39.7 Å². The highest BCUT2D eigenvalue weighted by Gasteiger charge is 1.98. The zero-order chi connectivity index (χ0) is 10.5. The van der Waals surface area contributed by atoms with Crippen molar-refractivity contribution in [1.82, 2.24) is 0 Å². The Kier molecular flexibility index (Phi) is 15.8. The van der Waals surface area contributed by atoms with E-state index in [2.05, 4.69) is 6.92 Å². The third-order valence-electron chi connectivity index (χ3n) is 1.52. The lowest BCUT2D eigenvalue weighted by molar-refractivity contribution is 0.0686. The molecule has 0 saturated carbocycles. The van der Waals surface area contributed by atoms with Gasteiger partial charge in [0.05, 0.1) is 6.10 Å². The van der Waals surface area contributed by atoms with E-state index in [1.165, 1.54) is 6.42 Å². The number of hydrogen-bond acceptors (Lipinski definition) is 4. The number of nitrogens with two attached hydrogens (primary N) is 1. The van der Waals surface area contributed by atoms with E-state index in [1.54, 1.807) is 0 Å². The van der Waals surface area contributed by atoms with Gasteiger partial charge in [-0.3, -0.25) is 0 Å². The van der Waals surface area contributed by atoms with Gasteiger partial charge >= 0.3 is 0 Å². The SMILES string of the molecule is CCOC(C)CCCCN.N=C=O. The summed E-state index contributed by atoms with van der Waals surface area (Å²) in [6.07, 6.45) is 4.62. The highest BCUT2D eigenvalue weighted by atomic mass is 16.5. The van der Waals surface area contributed by atoms with E-state index in [0.29, 0.717) is 6.10 Å². The monoisotopic (exact) mass is 188 g/mol. The van der Waals surface area contributed by atoms with Gasteiger partial charge in [0, 0.05) is 6.61 Å². The summed E-state index contributed by atoms with van der Waals surface area (Å²) < 4.78 is 5.35. The number of rotatable bonds is 6. The van der Waals surface area contributed by atoms with Crippen LogP contribution in [0.1, 0.15) is 33.1 Å². The van der Waals surface area contributed by atoms with Crippen LogP contribution < -0.4 is 5.73 Å². The number of carbonyl (C=O) groups excluding carboxylic acids is 1. The van der Waals surface area contributed by atoms with Crippen molar-refractivity contribution in [2.75, 3.05) is 13.2 Å². The summed E-state index contributed by atoms with van der Waals surface area (Å²) in [6, 6.07) is 0. The summed E-state index contributed by atoms with van der Waals surface area (Å²) in [5, 5.41) is 5.40. The maximum Gasteiger partial charge on any atom is 0.231 e. The summed E-state index contributed by atoms with van der Waals surface area (Å²) in [5.41, 5.74) is 5.35. The van der Waals surface area contributed by atoms with Gasteiger partial charge < -0.3 is 10.5 Å². The molecule has 3 N–H and O–H groups in total. The Morgan fingerprint density at radius 1 is 1.54 bits per heavy atom. The molecule has 0 saturated heterocycles. The lowest BCUT2D eigenvalue weighted by Gasteiger charge is -2.09. The van der Waals surface area contributed by atoms with Crippen LogP contribution in [0.3, 0.4) is 0 Å². The van der Waals surface area contributed by atoms with Gasteiger partial charge in [-0.1, -0.05) is 0 Å². The molecule has 0 aliphatic carbocycles. The van der Waals surface area contributed by atoms with Crippen LogP contribution in [-0.2, 0) is 9.53 Å². The van der Waals surface area contributed by atoms with E-state index in [-0.39, 0.29) is 0 Å². The van der Waals surface area contributed by atoms with Crippen molar-refractivity contribution >= 4 is 6.08 Å². The summed E-state index contributed by atoms with van der Waals surface area (Å²) in [5.74, 6) is 0. The highest BCUT2D eigenvalue weighted by Crippen LogP contribution is 2.02. The molecule has 0 heterocycles. The summed E-state index contributed by atoms with van der Waals surface area (Å²) in [6.45, 7) is 5.77. The van der Waals surface area contributed by atoms with Crippen LogP contribution in [-0.4, -0.2) is 25.3 Å². The molecule has 1 unspecified atom stereocenters. The largest absolute Gasteiger partial charge is 0.379 e. The number of ether oxygens (including phenoxy) is 1. The first kappa shape index (κ1) is 14.8. The predicted molar refractivity (Wildman–Crippen MR) is 52.4 cm³/mol. The number of unbranched alkanes of at least 4 members (excludes halogenated alkanes) is 1. The minimum atomic E-state index is 0.413. The second-order valence-electron chi connectivity index (χ2n) is 2.65. The zero-order valence-corrected chi connectivity index (χ0v) is 8.51. The molecule has 0 aliphatic rings. The predicted octanol–water partition coefficient (Wildman–Crippen LogP) is 1.44. The first-order valence-electron chi connectivity index (χ1n) is 4.58. The fraction of sp³-hybridized carbons (Fsp3) is 0.889. The molecule has 0 aliphatic heterocycles. The van der Waals surface area contributed by atoms with E-state index in [4.69, 9.17) is 20.7 Å². The minimum absolute atomic E-state index is 0.413. The van der Waals surface area contributed by atoms with Crippen LogP contribution in [0, 0.1) is 5.41 Å². The molecule has 0 rings (SSSR count). The van der Waals surface area contributed by atoms with Crippen molar-refractivity contribution in [2.45, 2.75) is 39.2 Å². The molecule has 0 aromatic rings. The van der Waals surface area contributed by atoms with Gasteiger partial charge in [0.15, 0.2) is 0 Å². The molecular weight excluding hydrogens is 168 g/mol. The Bertz CT molecular complexity index is 123. The van der Waals surface area contributed by atoms with Crippen LogP contribution in [0.15, 0.2) is 0 Å². The lowest BCUT2D eigenvalue weighted by Crippen LogP contribution is -2.08. The van der Waals surface area contributed by atoms with Crippen molar-refractivity contribution < 1.29 is 9.53 Å². The van der Waals surface area contributed by atoms with Gasteiger partial charge in [0.1, 0.15) is 0 Å². The van der Waals surface area contributed by atoms with Crippen molar-refractivity contribution in [1.29, 1.82) is 5.41 Å². The molecule has 0 amide bonds. The molecule has 78 valence electrons. The standard InChI is InChI=1S/C8H19NO.CHNO/c1-3-10-8(2)6-4-5-7-9;2-1-3/h8H,3-7,9H2,1-2H3;2H. The summed E-state index contributed by atoms with van der Waals surface area (Å²) in [7, 11) is 0. The number of isocyanates is 1. The molecule has 4 heteroatoms. The van der Waals surface area contributed by atoms with Crippen molar-refractivity contribution in [3.8, 4) is 0 Å². The van der Waals surface area contributed by atoms with E-state index in [1.807, 2.05) is 6.92 Å². The van der Waals surface area contributed by atoms with Crippen molar-refractivity contribution in [2.24, 2.45) is 5.73 Å². The average molecular weight is 188 g/mol. The molecule has 1 atom stereocenters. The fourth-order valence-corrected chi connectivity index (χ4v) is 0.944. The Labute approximate surface area is 80.0 Å². The molecule has 0 radical (unpaired) electrons. The highest BCUT2D eigenvalue weighted by molar-refractivity contribution is 5.26. The molecule has 0 aromatic heterocycles. The number of hydrogen-bond donors (Lipinski definition) is 2. The van der Waals surface area contributed by atoms with E-state index in [0.717, 1.165) is 32.1 Å². The minimum Gasteiger partial charge on any atom is -0.379 e. The van der Waals surface area contributed by atoms with Crippen LogP contribution in [0.5, 0.6) is 0 Å². The van der Waals surface area contributed by atoms with Gasteiger partial charge in [0.25, 0.3) is 0 Å². The van der Waals surface area contributed by atoms with E-state index in [9.17, 15) is 0 Å². The van der Waals surface area contributed by atoms with Gasteiger partial charge in [0.2, 0.25) is 6.08 Å². The molecule has 0 bridgehead atoms. The van der Waals surface area contributed by atoms with Crippen LogP contribution >= 0.6 is 0 Å². The second-order valence-corrected chi connectivity index (χ2v) is 2.65. The molecular formula is C9H20N2O2. The molecule has 0 fully saturated rings. The number of nitrogens with one attached hydrogen (secondary N) is 1. The van der Waals surface area contributed by atoms with Gasteiger partial charge in [-0.2, -0.15) is 0 Å². The van der Waals surface area contributed by atoms with Crippen molar-refractivity contribution in [3.05, 3.63) is 0 Å². The first-order chi connectivity index (χ1) is 6.22. The summed E-state index contributed by atoms with van der Waals surface area (Å²) in [4.78, 5) is 8.35. The van der Waals surface area contributed by atoms with Gasteiger partial charge in [-0.25, -0.2) is 10.2 Å². The van der Waals surface area contributed by atoms with Crippen LogP contribution in [0.25, 0.3) is 0 Å². The average Bonchev–Trinajstić information content (AvgIpc) is 2.07. The second kappa shape index (κ2) is 13.9. The third kappa shape index (κ3) is 18.3. The maximum absolute atomic E-state index is 8.35. The maximum atomic E-state index is 8.35. The Hall–Kier alpha value is -0.700. The van der Waals surface area contributed by atoms with Crippen LogP contribution in [0.2, 0.25) is 0 Å². The molecule has 4 nitrogen and oxygen atoms in total. The third-order valence-corrected chi connectivity index (χ3v) is 1.52. The molecule has 0 aromatic carbocycles. The lowest BCUT2D eigenvalue weighted by atomic mass is 10.2. The normalized spacial score (nSPS) is 11.0. The zero-order valence-electron chi connectivity index (χ0n) is 8.51. The summed E-state index contributed by atoms with van der Waals surface area (Å²) >= 11 is 0. The first-order valence-corrected chi connectivity index (χ1v) is 4.58. The smallest absolute Gasteiger partial charge is 0.231 e. The fourth-order valence-electron chi connectivity index (χ4n) is 0.944. The Morgan fingerprint density at radius 3 is 2.46 bits per heavy atom. The van der Waals surface area contributed by atoms with Crippen molar-refractivity contribution in [3.63, 3.8) is 0 Å². The van der Waals surface area contributed by atoms with E-state index >= 15 is 0 Å². The topological polar surface area (TPSA) is 76.2 Å². The quantitative estimate of drug-likeness (QED) is 0.376. The van der Waals surface area contributed by atoms with Gasteiger partial charge in [-0.15, -0.1) is 0 Å². The Balaban J connectivity index is 0. The van der Waals surface area contributed by atoms with E-state index < -0.39 is 0 Å². The molecule has 13 heavy (non-hydrogen) atoms. The van der Waals surface area contributed by atoms with Crippen LogP contribution in [0.4, 0.5) is 0 Å².